The monoisotopic (exact) mass is 245 g/mol. The molecule has 0 atom stereocenters. The number of nitrogens with zero attached hydrogens (tertiary/aromatic N) is 1. The number of nitrogens with one attached hydrogen (secondary N) is 1. The molecular weight excluding hydrogens is 233 g/mol. The van der Waals surface area contributed by atoms with Crippen molar-refractivity contribution in [3.8, 4) is 0 Å². The average Bonchev–Trinajstić information content (AvgIpc) is 2.32. The van der Waals surface area contributed by atoms with Gasteiger partial charge in [-0.3, -0.25) is 4.79 Å². The van der Waals surface area contributed by atoms with Gasteiger partial charge in [0.05, 0.1) is 11.4 Å². The van der Waals surface area contributed by atoms with Gasteiger partial charge in [-0.1, -0.05) is 6.07 Å². The number of aryl methyl sites for hydroxylation is 1. The van der Waals surface area contributed by atoms with Crippen LogP contribution < -0.4 is 11.1 Å². The Bertz CT molecular complexity index is 599. The van der Waals surface area contributed by atoms with Crippen molar-refractivity contribution in [2.24, 2.45) is 0 Å². The number of hydrogen-bond acceptors (Lipinski definition) is 3. The molecule has 0 unspecified atom stereocenters. The van der Waals surface area contributed by atoms with Crippen molar-refractivity contribution >= 4 is 17.3 Å². The van der Waals surface area contributed by atoms with Gasteiger partial charge in [-0.2, -0.15) is 0 Å². The highest BCUT2D eigenvalue weighted by Gasteiger charge is 2.09. The van der Waals surface area contributed by atoms with Gasteiger partial charge < -0.3 is 11.1 Å². The molecule has 0 spiro atoms. The predicted molar refractivity (Wildman–Crippen MR) is 67.7 cm³/mol. The summed E-state index contributed by atoms with van der Waals surface area (Å²) in [6, 6.07) is 8.93. The summed E-state index contributed by atoms with van der Waals surface area (Å²) in [5.41, 5.74) is 7.18. The molecule has 1 aromatic carbocycles. The number of benzene rings is 1. The summed E-state index contributed by atoms with van der Waals surface area (Å²) in [6.45, 7) is 1.79. The maximum atomic E-state index is 12.9. The van der Waals surface area contributed by atoms with Gasteiger partial charge in [-0.15, -0.1) is 0 Å². The molecule has 1 heterocycles. The molecule has 3 N–H and O–H groups in total. The van der Waals surface area contributed by atoms with Crippen molar-refractivity contribution in [3.05, 3.63) is 53.6 Å². The van der Waals surface area contributed by atoms with Crippen LogP contribution in [0.3, 0.4) is 0 Å². The lowest BCUT2D eigenvalue weighted by atomic mass is 10.2. The minimum Gasteiger partial charge on any atom is -0.397 e. The van der Waals surface area contributed by atoms with E-state index < -0.39 is 5.82 Å². The molecule has 1 aromatic heterocycles. The van der Waals surface area contributed by atoms with Crippen LogP contribution in [0.4, 0.5) is 15.8 Å². The van der Waals surface area contributed by atoms with Crippen LogP contribution in [0.1, 0.15) is 16.2 Å². The van der Waals surface area contributed by atoms with Gasteiger partial charge in [0.1, 0.15) is 11.5 Å². The number of rotatable bonds is 2. The van der Waals surface area contributed by atoms with E-state index in [4.69, 9.17) is 5.73 Å². The Labute approximate surface area is 104 Å². The van der Waals surface area contributed by atoms with Crippen molar-refractivity contribution < 1.29 is 9.18 Å². The molecule has 0 aliphatic carbocycles. The molecule has 0 aliphatic rings. The van der Waals surface area contributed by atoms with E-state index in [2.05, 4.69) is 10.3 Å². The first kappa shape index (κ1) is 12.0. The lowest BCUT2D eigenvalue weighted by molar-refractivity contribution is 0.102. The van der Waals surface area contributed by atoms with Crippen LogP contribution in [0.15, 0.2) is 36.4 Å². The Hall–Kier alpha value is -2.43. The molecule has 18 heavy (non-hydrogen) atoms. The summed E-state index contributed by atoms with van der Waals surface area (Å²) < 4.78 is 12.9. The second-order valence-corrected chi connectivity index (χ2v) is 3.85. The molecule has 2 rings (SSSR count). The van der Waals surface area contributed by atoms with Crippen molar-refractivity contribution in [1.82, 2.24) is 4.98 Å². The third-order valence-electron chi connectivity index (χ3n) is 2.38. The zero-order valence-electron chi connectivity index (χ0n) is 9.77. The molecule has 0 bridgehead atoms. The summed E-state index contributed by atoms with van der Waals surface area (Å²) in [5.74, 6) is -0.823. The standard InChI is InChI=1S/C13H12FN3O/c1-8-3-2-4-12(16-8)13(18)17-11-6-5-9(14)7-10(11)15/h2-7H,15H2,1H3,(H,17,18). The Kier molecular flexibility index (Phi) is 3.23. The van der Waals surface area contributed by atoms with E-state index in [1.54, 1.807) is 25.1 Å². The third kappa shape index (κ3) is 2.63. The van der Waals surface area contributed by atoms with Crippen LogP contribution in [-0.2, 0) is 0 Å². The number of carbonyl (C=O) groups excluding carboxylic acids is 1. The number of anilines is 2. The fourth-order valence-electron chi connectivity index (χ4n) is 1.50. The summed E-state index contributed by atoms with van der Waals surface area (Å²) in [4.78, 5) is 16.0. The molecule has 0 radical (unpaired) electrons. The topological polar surface area (TPSA) is 68.0 Å². The average molecular weight is 245 g/mol. The summed E-state index contributed by atoms with van der Waals surface area (Å²) in [6.07, 6.45) is 0. The maximum absolute atomic E-state index is 12.9. The van der Waals surface area contributed by atoms with E-state index >= 15 is 0 Å². The molecule has 92 valence electrons. The molecule has 0 saturated heterocycles. The van der Waals surface area contributed by atoms with Gasteiger partial charge in [-0.05, 0) is 37.3 Å². The second-order valence-electron chi connectivity index (χ2n) is 3.85. The van der Waals surface area contributed by atoms with Crippen LogP contribution in [0, 0.1) is 12.7 Å². The zero-order chi connectivity index (χ0) is 13.1. The molecule has 0 fully saturated rings. The first-order valence-corrected chi connectivity index (χ1v) is 5.36. The SMILES string of the molecule is Cc1cccc(C(=O)Nc2ccc(F)cc2N)n1. The van der Waals surface area contributed by atoms with E-state index in [0.29, 0.717) is 11.4 Å². The van der Waals surface area contributed by atoms with Crippen LogP contribution in [0.5, 0.6) is 0 Å². The van der Waals surface area contributed by atoms with Crippen molar-refractivity contribution in [1.29, 1.82) is 0 Å². The van der Waals surface area contributed by atoms with Gasteiger partial charge in [0, 0.05) is 5.69 Å². The number of aromatic nitrogens is 1. The summed E-state index contributed by atoms with van der Waals surface area (Å²) in [5, 5.41) is 2.59. The normalized spacial score (nSPS) is 10.1. The first-order valence-electron chi connectivity index (χ1n) is 5.36. The molecule has 1 amide bonds. The highest BCUT2D eigenvalue weighted by atomic mass is 19.1. The third-order valence-corrected chi connectivity index (χ3v) is 2.38. The first-order chi connectivity index (χ1) is 8.56. The van der Waals surface area contributed by atoms with Crippen LogP contribution in [-0.4, -0.2) is 10.9 Å². The molecule has 5 heteroatoms. The van der Waals surface area contributed by atoms with E-state index in [1.165, 1.54) is 12.1 Å². The fraction of sp³-hybridized carbons (Fsp3) is 0.0769. The summed E-state index contributed by atoms with van der Waals surface area (Å²) in [7, 11) is 0. The van der Waals surface area contributed by atoms with Crippen molar-refractivity contribution in [3.63, 3.8) is 0 Å². The molecule has 0 aliphatic heterocycles. The van der Waals surface area contributed by atoms with Crippen LogP contribution in [0.2, 0.25) is 0 Å². The zero-order valence-corrected chi connectivity index (χ0v) is 9.77. The number of amides is 1. The number of pyridine rings is 1. The number of nitrogen functional groups attached to an aromatic ring is 1. The van der Waals surface area contributed by atoms with Gasteiger partial charge >= 0.3 is 0 Å². The maximum Gasteiger partial charge on any atom is 0.274 e. The lowest BCUT2D eigenvalue weighted by Gasteiger charge is -2.07. The molecular formula is C13H12FN3O. The molecule has 2 aromatic rings. The number of hydrogen-bond donors (Lipinski definition) is 2. The summed E-state index contributed by atoms with van der Waals surface area (Å²) >= 11 is 0. The predicted octanol–water partition coefficient (Wildman–Crippen LogP) is 2.36. The minimum atomic E-state index is -0.445. The van der Waals surface area contributed by atoms with Gasteiger partial charge in [0.2, 0.25) is 0 Å². The number of nitrogens with two attached hydrogens (primary N) is 1. The van der Waals surface area contributed by atoms with Crippen LogP contribution in [0.25, 0.3) is 0 Å². The smallest absolute Gasteiger partial charge is 0.274 e. The molecule has 4 nitrogen and oxygen atoms in total. The quantitative estimate of drug-likeness (QED) is 0.798. The Morgan fingerprint density at radius 3 is 2.78 bits per heavy atom. The Balaban J connectivity index is 2.21. The van der Waals surface area contributed by atoms with Gasteiger partial charge in [0.15, 0.2) is 0 Å². The highest BCUT2D eigenvalue weighted by Crippen LogP contribution is 2.19. The van der Waals surface area contributed by atoms with Crippen molar-refractivity contribution in [2.75, 3.05) is 11.1 Å². The lowest BCUT2D eigenvalue weighted by Crippen LogP contribution is -2.15. The number of halogens is 1. The van der Waals surface area contributed by atoms with Crippen molar-refractivity contribution in [2.45, 2.75) is 6.92 Å². The van der Waals surface area contributed by atoms with E-state index in [1.807, 2.05) is 0 Å². The van der Waals surface area contributed by atoms with Gasteiger partial charge in [0.25, 0.3) is 5.91 Å². The van der Waals surface area contributed by atoms with Crippen LogP contribution >= 0.6 is 0 Å². The highest BCUT2D eigenvalue weighted by molar-refractivity contribution is 6.04. The Morgan fingerprint density at radius 2 is 2.11 bits per heavy atom. The van der Waals surface area contributed by atoms with E-state index in [9.17, 15) is 9.18 Å². The molecule has 0 saturated carbocycles. The van der Waals surface area contributed by atoms with Gasteiger partial charge in [-0.25, -0.2) is 9.37 Å². The Morgan fingerprint density at radius 1 is 1.33 bits per heavy atom. The number of carbonyl (C=O) groups is 1. The fourth-order valence-corrected chi connectivity index (χ4v) is 1.50. The second kappa shape index (κ2) is 4.83. The largest absolute Gasteiger partial charge is 0.397 e. The van der Waals surface area contributed by atoms with E-state index in [0.717, 1.165) is 11.8 Å². The van der Waals surface area contributed by atoms with E-state index in [-0.39, 0.29) is 11.6 Å². The minimum absolute atomic E-state index is 0.177.